The van der Waals surface area contributed by atoms with Crippen molar-refractivity contribution in [3.8, 4) is 56.3 Å². The van der Waals surface area contributed by atoms with Crippen LogP contribution in [0.3, 0.4) is 0 Å². The molecule has 4 saturated heterocycles. The lowest BCUT2D eigenvalue weighted by atomic mass is 9.92. The van der Waals surface area contributed by atoms with Gasteiger partial charge in [-0.15, -0.1) is 0 Å². The van der Waals surface area contributed by atoms with E-state index >= 15 is 0 Å². The highest BCUT2D eigenvalue weighted by molar-refractivity contribution is 6.09. The molecule has 12 aromatic rings. The molecule has 129 heavy (non-hydrogen) atoms. The van der Waals surface area contributed by atoms with Gasteiger partial charge in [-0.3, -0.25) is 19.2 Å². The molecule has 11 atom stereocenters. The number of carbonyl (C=O) groups excluding carboxylic acids is 8. The summed E-state index contributed by atoms with van der Waals surface area (Å²) in [4.78, 5) is 147. The lowest BCUT2D eigenvalue weighted by Gasteiger charge is -2.30. The minimum absolute atomic E-state index is 0.0581. The van der Waals surface area contributed by atoms with Gasteiger partial charge in [0.1, 0.15) is 72.2 Å². The predicted molar refractivity (Wildman–Crippen MR) is 480 cm³/mol. The summed E-state index contributed by atoms with van der Waals surface area (Å²) in [5, 5.41) is 14.8. The van der Waals surface area contributed by atoms with Gasteiger partial charge in [0.25, 0.3) is 11.8 Å². The molecule has 0 spiro atoms. The Kier molecular flexibility index (Phi) is 25.1. The van der Waals surface area contributed by atoms with Gasteiger partial charge in [0.05, 0.1) is 112 Å². The van der Waals surface area contributed by atoms with E-state index in [1.165, 1.54) is 28.4 Å². The van der Waals surface area contributed by atoms with E-state index in [0.29, 0.717) is 99.9 Å². The molecule has 670 valence electrons. The molecule has 0 unspecified atom stereocenters. The summed E-state index contributed by atoms with van der Waals surface area (Å²) in [5.41, 5.74) is 14.2. The van der Waals surface area contributed by atoms with Crippen LogP contribution in [0, 0.1) is 29.6 Å². The highest BCUT2D eigenvalue weighted by atomic mass is 16.6. The highest BCUT2D eigenvalue weighted by Gasteiger charge is 2.46. The van der Waals surface area contributed by atoms with Gasteiger partial charge < -0.3 is 98.7 Å². The van der Waals surface area contributed by atoms with Crippen molar-refractivity contribution in [3.63, 3.8) is 0 Å². The fraction of sp³-hybridized carbons (Fsp3) is 0.381. The van der Waals surface area contributed by atoms with Crippen LogP contribution in [0.4, 0.5) is 19.2 Å². The van der Waals surface area contributed by atoms with Crippen LogP contribution in [0.25, 0.3) is 88.4 Å². The molecule has 8 amide bonds. The summed E-state index contributed by atoms with van der Waals surface area (Å²) in [6.07, 6.45) is 4.50. The minimum Gasteiger partial charge on any atom is -0.488 e. The Labute approximate surface area is 744 Å². The van der Waals surface area contributed by atoms with Gasteiger partial charge in [0.2, 0.25) is 11.8 Å². The summed E-state index contributed by atoms with van der Waals surface area (Å²) in [6.45, 7) is 13.4. The Bertz CT molecular complexity index is 6250. The molecule has 32 nitrogen and oxygen atoms in total. The van der Waals surface area contributed by atoms with E-state index in [1.54, 1.807) is 30.2 Å². The van der Waals surface area contributed by atoms with Crippen molar-refractivity contribution in [2.24, 2.45) is 29.6 Å². The fourth-order valence-electron chi connectivity index (χ4n) is 19.3. The Morgan fingerprint density at radius 1 is 0.442 bits per heavy atom. The van der Waals surface area contributed by atoms with Crippen molar-refractivity contribution in [1.29, 1.82) is 0 Å². The molecule has 4 fully saturated rings. The summed E-state index contributed by atoms with van der Waals surface area (Å²) in [7, 11) is 8.44. The second-order valence-corrected chi connectivity index (χ2v) is 34.8. The van der Waals surface area contributed by atoms with Crippen molar-refractivity contribution in [3.05, 3.63) is 204 Å². The number of hydrogen-bond donors (Lipinski definition) is 8. The Morgan fingerprint density at radius 3 is 1.30 bits per heavy atom. The van der Waals surface area contributed by atoms with Crippen LogP contribution in [0.2, 0.25) is 0 Å². The van der Waals surface area contributed by atoms with Crippen LogP contribution in [-0.4, -0.2) is 202 Å². The Balaban J connectivity index is 0.000000181. The molecular formula is C97H106N16O16. The number of methoxy groups -OCH3 is 6. The number of nitrogens with one attached hydrogen (secondary N) is 8. The van der Waals surface area contributed by atoms with E-state index in [9.17, 15) is 38.4 Å². The zero-order chi connectivity index (χ0) is 90.2. The first-order valence-electron chi connectivity index (χ1n) is 43.7. The van der Waals surface area contributed by atoms with Gasteiger partial charge >= 0.3 is 24.4 Å². The number of carbonyl (C=O) groups is 8. The molecule has 8 N–H and O–H groups in total. The van der Waals surface area contributed by atoms with Crippen molar-refractivity contribution in [2.75, 3.05) is 82.1 Å². The first-order chi connectivity index (χ1) is 62.5. The van der Waals surface area contributed by atoms with Crippen LogP contribution >= 0.6 is 0 Å². The van der Waals surface area contributed by atoms with Crippen LogP contribution in [0.1, 0.15) is 149 Å². The third-order valence-electron chi connectivity index (χ3n) is 25.7. The van der Waals surface area contributed by atoms with Crippen LogP contribution in [-0.2, 0) is 60.8 Å². The summed E-state index contributed by atoms with van der Waals surface area (Å²) in [5.74, 6) is 3.48. The van der Waals surface area contributed by atoms with E-state index in [4.69, 9.17) is 57.8 Å². The summed E-state index contributed by atoms with van der Waals surface area (Å²) >= 11 is 0. The molecule has 18 rings (SSSR count). The topological polar surface area (TPSA) is 386 Å². The number of benzene rings is 8. The molecule has 0 aliphatic carbocycles. The monoisotopic (exact) mass is 1750 g/mol. The van der Waals surface area contributed by atoms with Crippen LogP contribution in [0.15, 0.2) is 158 Å². The fourth-order valence-corrected chi connectivity index (χ4v) is 19.3. The van der Waals surface area contributed by atoms with Crippen LogP contribution < -0.4 is 30.7 Å². The van der Waals surface area contributed by atoms with E-state index in [2.05, 4.69) is 109 Å². The van der Waals surface area contributed by atoms with Crippen LogP contribution in [0.5, 0.6) is 11.5 Å². The smallest absolute Gasteiger partial charge is 0.407 e. The van der Waals surface area contributed by atoms with Crippen molar-refractivity contribution < 1.29 is 76.3 Å². The van der Waals surface area contributed by atoms with Gasteiger partial charge in [-0.05, 0) is 154 Å². The zero-order valence-corrected chi connectivity index (χ0v) is 73.8. The van der Waals surface area contributed by atoms with Crippen molar-refractivity contribution >= 4 is 91.6 Å². The summed E-state index contributed by atoms with van der Waals surface area (Å²) < 4.78 is 43.4. The molecule has 10 heterocycles. The maximum atomic E-state index is 14.4. The molecular weight excluding hydrogens is 1650 g/mol. The van der Waals surface area contributed by atoms with Crippen molar-refractivity contribution in [2.45, 2.75) is 128 Å². The average molecular weight is 1750 g/mol. The number of rotatable bonds is 22. The number of ether oxygens (including phenoxy) is 8. The first-order valence-corrected chi connectivity index (χ1v) is 43.7. The molecule has 6 aliphatic heterocycles. The number of aromatic nitrogens is 8. The number of H-pyrrole nitrogens is 4. The number of likely N-dealkylation sites (tertiary alicyclic amines) is 4. The molecule has 6 aliphatic rings. The zero-order valence-electron chi connectivity index (χ0n) is 73.8. The number of hydrogen-bond acceptors (Lipinski definition) is 20. The number of imidazole rings is 4. The van der Waals surface area contributed by atoms with Gasteiger partial charge in [0, 0.05) is 74.1 Å². The lowest BCUT2D eigenvalue weighted by Crippen LogP contribution is -2.51. The predicted octanol–water partition coefficient (Wildman–Crippen LogP) is 14.9. The average Bonchev–Trinajstić information content (AvgIpc) is 1.70. The molecule has 32 heteroatoms. The third kappa shape index (κ3) is 17.5. The van der Waals surface area contributed by atoms with Gasteiger partial charge in [-0.1, -0.05) is 132 Å². The summed E-state index contributed by atoms with van der Waals surface area (Å²) in [6, 6.07) is 42.8. The van der Waals surface area contributed by atoms with Gasteiger partial charge in [-0.25, -0.2) is 39.1 Å². The van der Waals surface area contributed by atoms with E-state index in [1.807, 2.05) is 129 Å². The largest absolute Gasteiger partial charge is 0.488 e. The maximum Gasteiger partial charge on any atom is 0.407 e. The molecule has 0 saturated carbocycles. The molecule has 0 radical (unpaired) electrons. The maximum absolute atomic E-state index is 14.4. The number of nitrogens with zero attached hydrogens (tertiary/aromatic N) is 8. The normalized spacial score (nSPS) is 19.5. The second-order valence-electron chi connectivity index (χ2n) is 34.8. The lowest BCUT2D eigenvalue weighted by molar-refractivity contribution is -0.136. The number of amides is 8. The highest BCUT2D eigenvalue weighted by Crippen LogP contribution is 2.48. The molecule has 0 bridgehead atoms. The Hall–Kier alpha value is -13.9. The van der Waals surface area contributed by atoms with Gasteiger partial charge in [-0.2, -0.15) is 0 Å². The SMILES string of the molecule is COC[C@H]1C[C@@H](c2nc3c(ccc4cc5c(cc43)OCc3cc(-c4cnc([C@@H]6CCCN6C(=O)[C@H](NC(=O)OC)c6ccccc6)[nH]4)ccc3-5)[nH]2)N(C(=O)[C@@H](NC(=O)OC)C(C)C)C1.COC[C@H]1C[C@@H](c2nc3c(ccc4cc5c(cc43)OCc3cc(-c4cnc([C@@H]6C[C@H](C)CN6C(=O)[C@@H](NC(=O)OC)C(C)C)[nH]4)ccc3-5)[nH]2)N(C(=O)[C@H](NC(=O)OC)c2ccccc2)C1. The number of alkyl carbamates (subject to hydrolysis) is 4. The van der Waals surface area contributed by atoms with E-state index < -0.39 is 54.6 Å². The van der Waals surface area contributed by atoms with Gasteiger partial charge in [0.15, 0.2) is 0 Å². The van der Waals surface area contributed by atoms with E-state index in [0.717, 1.165) is 130 Å². The van der Waals surface area contributed by atoms with E-state index in [-0.39, 0.29) is 71.3 Å². The molecule has 4 aromatic heterocycles. The quantitative estimate of drug-likeness (QED) is 0.0292. The number of aromatic amines is 4. The Morgan fingerprint density at radius 2 is 0.860 bits per heavy atom. The second kappa shape index (κ2) is 37.2. The minimum atomic E-state index is -0.955. The molecule has 8 aromatic carbocycles. The number of fused-ring (bicyclic) bond motifs is 12. The standard InChI is InChI=1S/C49H54N8O8.C48H52N8O8/c1-26(2)41(54-48(60)63-5)46(58)56-22-27(3)16-38(56)44-50-21-37(52-44)31-12-14-33-32(18-31)25-65-40-20-34-30(19-35(33)40)13-15-36-43(34)53-45(51-36)39-17-28(24-62-4)23-57(39)47(59)42(55-49(61)64-6)29-10-8-7-9-11-29;1-26(2)40(53-47(59)62-4)45(57)56-23-27(24-61-3)18-38(56)44-50-35-16-14-29-20-34-32-15-13-30(19-31(32)25-64-39(34)21-33(29)42(35)52-44)36-22-49-43(51-36)37-12-9-17-55(37)46(58)41(54-48(60)63-5)28-10-7-6-8-11-28/h7-15,18-21,26-28,38-39,41-42H,16-17,22-25H2,1-6H3,(H,50,52)(H,51,53)(H,54,60)(H,55,61);6-8,10-11,13-16,19-22,26-27,37-38,40-41H,9,12,17-18,23-25H2,1-5H3,(H,49,51)(H,50,52)(H,53,59)(H,54,60)/t27-,28-,38-,39-,41-,42+;27-,37-,38-,40-,41+/m00/s1. The first kappa shape index (κ1) is 87.2. The van der Waals surface area contributed by atoms with Crippen molar-refractivity contribution in [1.82, 2.24) is 80.7 Å². The third-order valence-corrected chi connectivity index (χ3v) is 25.7.